The van der Waals surface area contributed by atoms with Crippen molar-refractivity contribution in [3.63, 3.8) is 0 Å². The van der Waals surface area contributed by atoms with Crippen molar-refractivity contribution in [2.75, 3.05) is 5.32 Å². The fraction of sp³-hybridized carbons (Fsp3) is 0.200. The average Bonchev–Trinajstić information content (AvgIpc) is 2.43. The minimum Gasteiger partial charge on any atom is -0.306 e. The number of amides is 1. The molecule has 0 aliphatic carbocycles. The SMILES string of the molecule is CC/C=C1/C(=O)Nc2nc(Cl)ccc21. The Morgan fingerprint density at radius 1 is 1.57 bits per heavy atom. The fourth-order valence-electron chi connectivity index (χ4n) is 1.45. The Morgan fingerprint density at radius 2 is 2.36 bits per heavy atom. The molecule has 0 radical (unpaired) electrons. The largest absolute Gasteiger partial charge is 0.306 e. The molecule has 0 saturated carbocycles. The molecular formula is C10H9ClN2O. The van der Waals surface area contributed by atoms with Crippen LogP contribution in [-0.2, 0) is 4.79 Å². The lowest BCUT2D eigenvalue weighted by atomic mass is 10.1. The summed E-state index contributed by atoms with van der Waals surface area (Å²) in [4.78, 5) is 15.5. The maximum Gasteiger partial charge on any atom is 0.257 e. The Bertz CT molecular complexity index is 426. The zero-order valence-corrected chi connectivity index (χ0v) is 8.43. The predicted octanol–water partition coefficient (Wildman–Crippen LogP) is 2.48. The van der Waals surface area contributed by atoms with Crippen molar-refractivity contribution < 1.29 is 4.79 Å². The molecule has 1 N–H and O–H groups in total. The second kappa shape index (κ2) is 3.42. The van der Waals surface area contributed by atoms with Crippen LogP contribution >= 0.6 is 11.6 Å². The van der Waals surface area contributed by atoms with Gasteiger partial charge < -0.3 is 5.32 Å². The van der Waals surface area contributed by atoms with Gasteiger partial charge in [-0.3, -0.25) is 4.79 Å². The van der Waals surface area contributed by atoms with Crippen LogP contribution in [0.2, 0.25) is 5.15 Å². The molecule has 0 spiro atoms. The van der Waals surface area contributed by atoms with Gasteiger partial charge in [0.2, 0.25) is 0 Å². The van der Waals surface area contributed by atoms with Crippen LogP contribution in [0.25, 0.3) is 5.57 Å². The van der Waals surface area contributed by atoms with E-state index in [1.165, 1.54) is 0 Å². The van der Waals surface area contributed by atoms with Crippen LogP contribution in [0, 0.1) is 0 Å². The fourth-order valence-corrected chi connectivity index (χ4v) is 1.60. The van der Waals surface area contributed by atoms with Crippen LogP contribution in [0.1, 0.15) is 18.9 Å². The first kappa shape index (κ1) is 9.21. The third-order valence-corrected chi connectivity index (χ3v) is 2.25. The molecular weight excluding hydrogens is 200 g/mol. The highest BCUT2D eigenvalue weighted by Crippen LogP contribution is 2.31. The first-order chi connectivity index (χ1) is 6.72. The van der Waals surface area contributed by atoms with Gasteiger partial charge in [0.1, 0.15) is 11.0 Å². The average molecular weight is 209 g/mol. The van der Waals surface area contributed by atoms with Crippen molar-refractivity contribution in [2.24, 2.45) is 0 Å². The molecule has 2 rings (SSSR count). The lowest BCUT2D eigenvalue weighted by Crippen LogP contribution is -2.04. The molecule has 0 saturated heterocycles. The first-order valence-corrected chi connectivity index (χ1v) is 4.78. The summed E-state index contributed by atoms with van der Waals surface area (Å²) in [7, 11) is 0. The number of hydrogen-bond donors (Lipinski definition) is 1. The first-order valence-electron chi connectivity index (χ1n) is 4.41. The highest BCUT2D eigenvalue weighted by molar-refractivity contribution is 6.32. The predicted molar refractivity (Wildman–Crippen MR) is 56.1 cm³/mol. The van der Waals surface area contributed by atoms with Gasteiger partial charge in [0, 0.05) is 11.1 Å². The van der Waals surface area contributed by atoms with Gasteiger partial charge >= 0.3 is 0 Å². The van der Waals surface area contributed by atoms with Crippen molar-refractivity contribution in [1.29, 1.82) is 0 Å². The Hall–Kier alpha value is -1.35. The zero-order chi connectivity index (χ0) is 10.1. The number of anilines is 1. The highest BCUT2D eigenvalue weighted by Gasteiger charge is 2.24. The van der Waals surface area contributed by atoms with E-state index in [1.54, 1.807) is 6.07 Å². The Morgan fingerprint density at radius 3 is 3.07 bits per heavy atom. The van der Waals surface area contributed by atoms with E-state index in [0.717, 1.165) is 12.0 Å². The number of aromatic nitrogens is 1. The molecule has 1 aromatic heterocycles. The summed E-state index contributed by atoms with van der Waals surface area (Å²) >= 11 is 5.71. The summed E-state index contributed by atoms with van der Waals surface area (Å²) in [6, 6.07) is 3.49. The minimum absolute atomic E-state index is 0.100. The van der Waals surface area contributed by atoms with Crippen molar-refractivity contribution in [1.82, 2.24) is 4.98 Å². The zero-order valence-electron chi connectivity index (χ0n) is 7.67. The quantitative estimate of drug-likeness (QED) is 0.569. The van der Waals surface area contributed by atoms with Crippen molar-refractivity contribution in [2.45, 2.75) is 13.3 Å². The molecule has 1 aliphatic rings. The number of nitrogens with zero attached hydrogens (tertiary/aromatic N) is 1. The van der Waals surface area contributed by atoms with Gasteiger partial charge in [-0.15, -0.1) is 0 Å². The lowest BCUT2D eigenvalue weighted by molar-refractivity contribution is -0.110. The normalized spacial score (nSPS) is 17.0. The maximum absolute atomic E-state index is 11.5. The summed E-state index contributed by atoms with van der Waals surface area (Å²) in [6.07, 6.45) is 2.71. The smallest absolute Gasteiger partial charge is 0.257 e. The number of halogens is 1. The van der Waals surface area contributed by atoms with Gasteiger partial charge in [-0.1, -0.05) is 24.6 Å². The maximum atomic E-state index is 11.5. The van der Waals surface area contributed by atoms with Crippen LogP contribution in [0.3, 0.4) is 0 Å². The lowest BCUT2D eigenvalue weighted by Gasteiger charge is -1.96. The molecule has 72 valence electrons. The van der Waals surface area contributed by atoms with E-state index in [2.05, 4.69) is 10.3 Å². The van der Waals surface area contributed by atoms with Crippen LogP contribution in [0.4, 0.5) is 5.82 Å². The minimum atomic E-state index is -0.100. The van der Waals surface area contributed by atoms with Gasteiger partial charge in [0.15, 0.2) is 0 Å². The summed E-state index contributed by atoms with van der Waals surface area (Å²) < 4.78 is 0. The number of allylic oxidation sites excluding steroid dienone is 1. The molecule has 0 unspecified atom stereocenters. The number of rotatable bonds is 1. The molecule has 0 fully saturated rings. The Labute approximate surface area is 86.8 Å². The number of carbonyl (C=O) groups excluding carboxylic acids is 1. The second-order valence-corrected chi connectivity index (χ2v) is 3.40. The summed E-state index contributed by atoms with van der Waals surface area (Å²) in [5, 5.41) is 3.06. The number of fused-ring (bicyclic) bond motifs is 1. The van der Waals surface area contributed by atoms with Crippen molar-refractivity contribution >= 4 is 28.9 Å². The van der Waals surface area contributed by atoms with E-state index < -0.39 is 0 Å². The summed E-state index contributed by atoms with van der Waals surface area (Å²) in [5.41, 5.74) is 1.52. The van der Waals surface area contributed by atoms with E-state index >= 15 is 0 Å². The molecule has 1 aliphatic heterocycles. The third-order valence-electron chi connectivity index (χ3n) is 2.04. The highest BCUT2D eigenvalue weighted by atomic mass is 35.5. The van der Waals surface area contributed by atoms with Crippen LogP contribution in [-0.4, -0.2) is 10.9 Å². The second-order valence-electron chi connectivity index (χ2n) is 3.01. The van der Waals surface area contributed by atoms with E-state index in [0.29, 0.717) is 16.5 Å². The number of carbonyl (C=O) groups is 1. The van der Waals surface area contributed by atoms with Gasteiger partial charge in [-0.2, -0.15) is 0 Å². The van der Waals surface area contributed by atoms with E-state index in [4.69, 9.17) is 11.6 Å². The summed E-state index contributed by atoms with van der Waals surface area (Å²) in [6.45, 7) is 1.99. The Balaban J connectivity index is 2.53. The van der Waals surface area contributed by atoms with Gasteiger partial charge in [0.05, 0.1) is 0 Å². The van der Waals surface area contributed by atoms with E-state index in [-0.39, 0.29) is 5.91 Å². The monoisotopic (exact) mass is 208 g/mol. The summed E-state index contributed by atoms with van der Waals surface area (Å²) in [5.74, 6) is 0.457. The van der Waals surface area contributed by atoms with Gasteiger partial charge in [-0.25, -0.2) is 4.98 Å². The molecule has 1 amide bonds. The van der Waals surface area contributed by atoms with Gasteiger partial charge in [-0.05, 0) is 18.6 Å². The van der Waals surface area contributed by atoms with Gasteiger partial charge in [0.25, 0.3) is 5.91 Å². The standard InChI is InChI=1S/C10H9ClN2O/c1-2-3-7-6-4-5-8(11)12-9(6)13-10(7)14/h3-5H,2H2,1H3,(H,12,13,14)/b7-3+. The number of hydrogen-bond acceptors (Lipinski definition) is 2. The Kier molecular flexibility index (Phi) is 2.25. The number of pyridine rings is 1. The number of nitrogens with one attached hydrogen (secondary N) is 1. The topological polar surface area (TPSA) is 42.0 Å². The molecule has 0 aromatic carbocycles. The van der Waals surface area contributed by atoms with Crippen LogP contribution < -0.4 is 5.32 Å². The third kappa shape index (κ3) is 1.40. The van der Waals surface area contributed by atoms with Crippen molar-refractivity contribution in [3.8, 4) is 0 Å². The van der Waals surface area contributed by atoms with E-state index in [1.807, 2.05) is 19.1 Å². The van der Waals surface area contributed by atoms with E-state index in [9.17, 15) is 4.79 Å². The molecule has 2 heterocycles. The van der Waals surface area contributed by atoms with Crippen LogP contribution in [0.5, 0.6) is 0 Å². The molecule has 3 nitrogen and oxygen atoms in total. The molecule has 4 heteroatoms. The molecule has 14 heavy (non-hydrogen) atoms. The van der Waals surface area contributed by atoms with Crippen molar-refractivity contribution in [3.05, 3.63) is 28.9 Å². The molecule has 1 aromatic rings. The molecule has 0 bridgehead atoms. The van der Waals surface area contributed by atoms with Crippen LogP contribution in [0.15, 0.2) is 18.2 Å². The molecule has 0 atom stereocenters.